The molecule has 276 valence electrons. The van der Waals surface area contributed by atoms with Crippen molar-refractivity contribution in [1.29, 1.82) is 21.0 Å². The molecule has 0 amide bonds. The van der Waals surface area contributed by atoms with Gasteiger partial charge in [-0.3, -0.25) is 9.80 Å². The Labute approximate surface area is 325 Å². The summed E-state index contributed by atoms with van der Waals surface area (Å²) >= 11 is 0. The molecule has 4 fully saturated rings. The summed E-state index contributed by atoms with van der Waals surface area (Å²) in [6.07, 6.45) is 6.37. The Morgan fingerprint density at radius 1 is 0.536 bits per heavy atom. The second kappa shape index (κ2) is 17.1. The van der Waals surface area contributed by atoms with E-state index in [0.29, 0.717) is 34.8 Å². The molecular weight excluding hydrogens is 707 g/mol. The van der Waals surface area contributed by atoms with Gasteiger partial charge in [0, 0.05) is 62.5 Å². The van der Waals surface area contributed by atoms with E-state index in [1.54, 1.807) is 24.3 Å². The molecule has 4 saturated heterocycles. The quantitative estimate of drug-likeness (QED) is 0.248. The van der Waals surface area contributed by atoms with E-state index in [2.05, 4.69) is 65.4 Å². The van der Waals surface area contributed by atoms with Crippen LogP contribution < -0.4 is 9.80 Å². The number of rotatable bonds is 2. The van der Waals surface area contributed by atoms with Crippen molar-refractivity contribution >= 4 is 11.6 Å². The van der Waals surface area contributed by atoms with Gasteiger partial charge in [0.05, 0.1) is 58.9 Å². The smallest absolute Gasteiger partial charge is 0.146 e. The van der Waals surface area contributed by atoms with E-state index in [0.717, 1.165) is 76.1 Å². The van der Waals surface area contributed by atoms with Gasteiger partial charge >= 0.3 is 0 Å². The van der Waals surface area contributed by atoms with E-state index in [4.69, 9.17) is 10.5 Å². The van der Waals surface area contributed by atoms with Crippen LogP contribution in [-0.4, -0.2) is 83.2 Å². The summed E-state index contributed by atoms with van der Waals surface area (Å²) in [5.74, 6) is 13.3. The highest BCUT2D eigenvalue weighted by molar-refractivity contribution is 5.55. The number of hydrogen-bond donors (Lipinski definition) is 0. The number of fused-ring (bicyclic) bond motifs is 2. The minimum Gasteiger partial charge on any atom is -0.353 e. The number of pyridine rings is 2. The Balaban J connectivity index is 0.000000172. The maximum Gasteiger partial charge on any atom is 0.146 e. The fourth-order valence-electron chi connectivity index (χ4n) is 8.00. The van der Waals surface area contributed by atoms with Crippen LogP contribution in [0.4, 0.5) is 20.4 Å². The Morgan fingerprint density at radius 2 is 0.964 bits per heavy atom. The molecule has 4 aliphatic rings. The fourth-order valence-corrected chi connectivity index (χ4v) is 8.00. The molecule has 4 aromatic rings. The van der Waals surface area contributed by atoms with Crippen LogP contribution in [0.15, 0.2) is 73.1 Å². The van der Waals surface area contributed by atoms with Gasteiger partial charge in [0.2, 0.25) is 0 Å². The molecule has 0 bridgehead atoms. The van der Waals surface area contributed by atoms with Gasteiger partial charge in [0.15, 0.2) is 0 Å². The highest BCUT2D eigenvalue weighted by atomic mass is 19.1. The SMILES string of the molecule is N#Cc1cccc(C#C[C@@H]2CC[C@@H]3CN(c4ncc(F)cc4C#N)CCN32)c1.N#Cc1cccc(C#C[C@H]2CC[C@H]3CN(c4ncc(F)cc4C#N)CCN32)c1. The Morgan fingerprint density at radius 3 is 1.38 bits per heavy atom. The molecule has 12 heteroatoms. The van der Waals surface area contributed by atoms with Crippen molar-refractivity contribution in [3.63, 3.8) is 0 Å². The van der Waals surface area contributed by atoms with Gasteiger partial charge in [-0.15, -0.1) is 0 Å². The number of benzene rings is 2. The van der Waals surface area contributed by atoms with Gasteiger partial charge in [-0.05, 0) is 74.2 Å². The Hall–Kier alpha value is -6.80. The molecule has 6 heterocycles. The highest BCUT2D eigenvalue weighted by Crippen LogP contribution is 2.31. The summed E-state index contributed by atoms with van der Waals surface area (Å²) in [5, 5.41) is 36.6. The molecule has 0 radical (unpaired) electrons. The first kappa shape index (κ1) is 37.5. The predicted molar refractivity (Wildman–Crippen MR) is 205 cm³/mol. The van der Waals surface area contributed by atoms with E-state index in [1.807, 2.05) is 36.4 Å². The van der Waals surface area contributed by atoms with Crippen LogP contribution in [0, 0.1) is 80.6 Å². The lowest BCUT2D eigenvalue weighted by Gasteiger charge is -2.39. The predicted octanol–water partition coefficient (Wildman–Crippen LogP) is 5.34. The van der Waals surface area contributed by atoms with Crippen LogP contribution in [0.25, 0.3) is 0 Å². The fraction of sp³-hybridized carbons (Fsp3) is 0.318. The van der Waals surface area contributed by atoms with Gasteiger partial charge < -0.3 is 9.80 Å². The lowest BCUT2D eigenvalue weighted by Crippen LogP contribution is -2.52. The average Bonchev–Trinajstić information content (AvgIpc) is 3.85. The molecule has 4 aliphatic heterocycles. The minimum absolute atomic E-state index is 0.189. The van der Waals surface area contributed by atoms with E-state index >= 15 is 0 Å². The second-order valence-corrected chi connectivity index (χ2v) is 14.1. The zero-order valence-corrected chi connectivity index (χ0v) is 30.5. The molecule has 0 aliphatic carbocycles. The third kappa shape index (κ3) is 8.45. The lowest BCUT2D eigenvalue weighted by atomic mass is 10.1. The maximum atomic E-state index is 13.4. The molecule has 0 unspecified atom stereocenters. The number of anilines is 2. The first-order chi connectivity index (χ1) is 27.3. The van der Waals surface area contributed by atoms with Crippen molar-refractivity contribution in [2.75, 3.05) is 49.1 Å². The molecule has 0 spiro atoms. The maximum absolute atomic E-state index is 13.4. The number of nitriles is 4. The lowest BCUT2D eigenvalue weighted by molar-refractivity contribution is 0.202. The second-order valence-electron chi connectivity index (χ2n) is 14.1. The van der Waals surface area contributed by atoms with Crippen LogP contribution >= 0.6 is 0 Å². The molecule has 2 aromatic carbocycles. The molecule has 10 nitrogen and oxygen atoms in total. The molecule has 0 N–H and O–H groups in total. The van der Waals surface area contributed by atoms with Gasteiger partial charge in [0.1, 0.15) is 35.4 Å². The zero-order valence-electron chi connectivity index (χ0n) is 30.5. The van der Waals surface area contributed by atoms with Gasteiger partial charge in [-0.1, -0.05) is 35.8 Å². The van der Waals surface area contributed by atoms with Crippen molar-refractivity contribution in [1.82, 2.24) is 19.8 Å². The van der Waals surface area contributed by atoms with Crippen molar-refractivity contribution in [2.24, 2.45) is 0 Å². The summed E-state index contributed by atoms with van der Waals surface area (Å²) < 4.78 is 26.7. The molecule has 56 heavy (non-hydrogen) atoms. The highest BCUT2D eigenvalue weighted by Gasteiger charge is 2.38. The number of aromatic nitrogens is 2. The number of nitrogens with zero attached hydrogens (tertiary/aromatic N) is 10. The van der Waals surface area contributed by atoms with Gasteiger partial charge in [-0.25, -0.2) is 18.7 Å². The third-order valence-electron chi connectivity index (χ3n) is 10.7. The largest absolute Gasteiger partial charge is 0.353 e. The summed E-state index contributed by atoms with van der Waals surface area (Å²) in [5.41, 5.74) is 3.50. The Kier molecular flexibility index (Phi) is 11.5. The van der Waals surface area contributed by atoms with Crippen molar-refractivity contribution < 1.29 is 8.78 Å². The van der Waals surface area contributed by atoms with E-state index in [9.17, 15) is 19.3 Å². The third-order valence-corrected chi connectivity index (χ3v) is 10.7. The first-order valence-electron chi connectivity index (χ1n) is 18.5. The topological polar surface area (TPSA) is 134 Å². The summed E-state index contributed by atoms with van der Waals surface area (Å²) in [7, 11) is 0. The van der Waals surface area contributed by atoms with E-state index in [-0.39, 0.29) is 23.2 Å². The zero-order chi connectivity index (χ0) is 39.0. The van der Waals surface area contributed by atoms with Crippen molar-refractivity contribution in [3.05, 3.63) is 118 Å². The first-order valence-corrected chi connectivity index (χ1v) is 18.5. The number of halogens is 2. The van der Waals surface area contributed by atoms with Crippen LogP contribution in [0.2, 0.25) is 0 Å². The number of piperazine rings is 2. The van der Waals surface area contributed by atoms with Crippen LogP contribution in [-0.2, 0) is 0 Å². The number of hydrogen-bond acceptors (Lipinski definition) is 10. The molecule has 4 atom stereocenters. The van der Waals surface area contributed by atoms with Crippen LogP contribution in [0.1, 0.15) is 59.1 Å². The normalized spacial score (nSPS) is 21.2. The Bertz CT molecular complexity index is 2250. The molecule has 8 rings (SSSR count). The van der Waals surface area contributed by atoms with Crippen LogP contribution in [0.3, 0.4) is 0 Å². The van der Waals surface area contributed by atoms with E-state index in [1.165, 1.54) is 24.5 Å². The van der Waals surface area contributed by atoms with Crippen molar-refractivity contribution in [3.8, 4) is 48.0 Å². The summed E-state index contributed by atoms with van der Waals surface area (Å²) in [6, 6.07) is 26.6. The van der Waals surface area contributed by atoms with Crippen molar-refractivity contribution in [2.45, 2.75) is 49.9 Å². The monoisotopic (exact) mass is 742 g/mol. The standard InChI is InChI=1S/2C22H18FN5/c2*23-19-11-18(13-25)22(26-14-19)27-8-9-28-20(6-7-21(28)15-27)5-4-16-2-1-3-17(10-16)12-24/h2*1-3,10-11,14,20-21H,6-9,15H2/t2*20-,21-/m10/s1. The van der Waals surface area contributed by atoms with Gasteiger partial charge in [0.25, 0.3) is 0 Å². The van der Waals surface area contributed by atoms with E-state index < -0.39 is 11.6 Å². The molecule has 2 aromatic heterocycles. The molecule has 0 saturated carbocycles. The van der Waals surface area contributed by atoms with Gasteiger partial charge in [-0.2, -0.15) is 21.0 Å². The van der Waals surface area contributed by atoms with Crippen LogP contribution in [0.5, 0.6) is 0 Å². The summed E-state index contributed by atoms with van der Waals surface area (Å²) in [4.78, 5) is 17.3. The molecular formula is C44H36F2N10. The minimum atomic E-state index is -0.490. The summed E-state index contributed by atoms with van der Waals surface area (Å²) in [6.45, 7) is 4.63. The average molecular weight is 743 g/mol.